The largest absolute Gasteiger partial charge is 0.397 e. The van der Waals surface area contributed by atoms with E-state index < -0.39 is 29.8 Å². The number of amides is 1. The molecule has 1 saturated heterocycles. The van der Waals surface area contributed by atoms with Crippen LogP contribution in [0.25, 0.3) is 11.3 Å². The lowest BCUT2D eigenvalue weighted by atomic mass is 9.81. The number of carbonyl (C=O) groups excluding carboxylic acids is 1. The quantitative estimate of drug-likeness (QED) is 0.448. The number of hydrogen-bond donors (Lipinski definition) is 4. The molecule has 34 heavy (non-hydrogen) atoms. The van der Waals surface area contributed by atoms with E-state index in [-0.39, 0.29) is 17.8 Å². The Balaban J connectivity index is 1.61. The second-order valence-electron chi connectivity index (χ2n) is 8.68. The van der Waals surface area contributed by atoms with Crippen molar-refractivity contribution < 1.29 is 19.7 Å². The molecular formula is C24H30N6O4. The lowest BCUT2D eigenvalue weighted by Crippen LogP contribution is -2.56. The number of pyridine rings is 2. The van der Waals surface area contributed by atoms with Crippen LogP contribution in [0.4, 0.5) is 11.4 Å². The van der Waals surface area contributed by atoms with Gasteiger partial charge in [-0.15, -0.1) is 0 Å². The molecule has 4 rings (SSSR count). The Morgan fingerprint density at radius 2 is 2.12 bits per heavy atom. The Morgan fingerprint density at radius 1 is 1.35 bits per heavy atom. The topological polar surface area (TPSA) is 148 Å². The van der Waals surface area contributed by atoms with E-state index in [4.69, 9.17) is 10.5 Å². The lowest BCUT2D eigenvalue weighted by molar-refractivity contribution is -0.224. The summed E-state index contributed by atoms with van der Waals surface area (Å²) in [7, 11) is 1.83. The summed E-state index contributed by atoms with van der Waals surface area (Å²) in [5.41, 5.74) is 8.44. The number of aliphatic hydroxyl groups is 2. The molecule has 4 heterocycles. The molecule has 0 spiro atoms. The number of rotatable bonds is 5. The van der Waals surface area contributed by atoms with Crippen molar-refractivity contribution in [2.45, 2.75) is 57.5 Å². The molecule has 1 aliphatic heterocycles. The summed E-state index contributed by atoms with van der Waals surface area (Å²) >= 11 is 0. The number of hydrogen-bond acceptors (Lipinski definition) is 8. The van der Waals surface area contributed by atoms with Gasteiger partial charge in [-0.05, 0) is 38.5 Å². The van der Waals surface area contributed by atoms with Gasteiger partial charge in [0.2, 0.25) is 0 Å². The van der Waals surface area contributed by atoms with Crippen LogP contribution >= 0.6 is 0 Å². The van der Waals surface area contributed by atoms with Gasteiger partial charge in [0.15, 0.2) is 5.69 Å². The molecule has 0 bridgehead atoms. The summed E-state index contributed by atoms with van der Waals surface area (Å²) in [5.74, 6) is -0.496. The molecule has 10 heteroatoms. The SMILES string of the molecule is CCC1(O)C(O)CC(c2ccncc2NC(=O)c2nc(-c3cnn(C)c3C)ccc2N)OC1C. The van der Waals surface area contributed by atoms with Gasteiger partial charge in [-0.25, -0.2) is 4.98 Å². The van der Waals surface area contributed by atoms with E-state index in [9.17, 15) is 15.0 Å². The number of nitrogens with two attached hydrogens (primary N) is 1. The van der Waals surface area contributed by atoms with Gasteiger partial charge in [-0.2, -0.15) is 5.10 Å². The molecule has 180 valence electrons. The van der Waals surface area contributed by atoms with Crippen LogP contribution in [-0.4, -0.2) is 53.7 Å². The fourth-order valence-corrected chi connectivity index (χ4v) is 4.34. The normalized spacial score (nSPS) is 24.7. The van der Waals surface area contributed by atoms with Crippen molar-refractivity contribution in [2.75, 3.05) is 11.1 Å². The van der Waals surface area contributed by atoms with Crippen molar-refractivity contribution in [1.29, 1.82) is 0 Å². The molecule has 0 aromatic carbocycles. The second-order valence-corrected chi connectivity index (χ2v) is 8.68. The maximum absolute atomic E-state index is 13.2. The second kappa shape index (κ2) is 9.13. The van der Waals surface area contributed by atoms with Gasteiger partial charge in [0.1, 0.15) is 5.60 Å². The fraction of sp³-hybridized carbons (Fsp3) is 0.417. The average molecular weight is 467 g/mol. The number of aromatic nitrogens is 4. The molecule has 1 aliphatic rings. The Morgan fingerprint density at radius 3 is 2.76 bits per heavy atom. The first kappa shape index (κ1) is 23.8. The van der Waals surface area contributed by atoms with Crippen LogP contribution in [0, 0.1) is 6.92 Å². The summed E-state index contributed by atoms with van der Waals surface area (Å²) in [4.78, 5) is 21.8. The van der Waals surface area contributed by atoms with Crippen LogP contribution in [-0.2, 0) is 11.8 Å². The Hall–Kier alpha value is -3.34. The van der Waals surface area contributed by atoms with E-state index in [1.807, 2.05) is 14.0 Å². The monoisotopic (exact) mass is 466 g/mol. The van der Waals surface area contributed by atoms with Crippen molar-refractivity contribution in [1.82, 2.24) is 19.7 Å². The molecule has 3 aromatic rings. The number of anilines is 2. The Kier molecular flexibility index (Phi) is 6.39. The third kappa shape index (κ3) is 4.15. The summed E-state index contributed by atoms with van der Waals surface area (Å²) in [5, 5.41) is 28.4. The zero-order chi connectivity index (χ0) is 24.6. The first-order valence-electron chi connectivity index (χ1n) is 11.2. The number of nitrogen functional groups attached to an aromatic ring is 1. The first-order chi connectivity index (χ1) is 16.2. The van der Waals surface area contributed by atoms with Crippen molar-refractivity contribution in [3.63, 3.8) is 0 Å². The zero-order valence-electron chi connectivity index (χ0n) is 19.7. The molecule has 1 amide bonds. The number of nitrogens with zero attached hydrogens (tertiary/aromatic N) is 4. The average Bonchev–Trinajstić information content (AvgIpc) is 3.16. The predicted molar refractivity (Wildman–Crippen MR) is 127 cm³/mol. The minimum Gasteiger partial charge on any atom is -0.397 e. The molecular weight excluding hydrogens is 436 g/mol. The van der Waals surface area contributed by atoms with E-state index in [2.05, 4.69) is 20.4 Å². The molecule has 10 nitrogen and oxygen atoms in total. The number of aliphatic hydroxyl groups excluding tert-OH is 1. The first-order valence-corrected chi connectivity index (χ1v) is 11.2. The van der Waals surface area contributed by atoms with Gasteiger partial charge in [0.25, 0.3) is 5.91 Å². The van der Waals surface area contributed by atoms with Crippen molar-refractivity contribution in [3.05, 3.63) is 53.7 Å². The smallest absolute Gasteiger partial charge is 0.276 e. The molecule has 4 unspecified atom stereocenters. The van der Waals surface area contributed by atoms with Crippen LogP contribution in [0.2, 0.25) is 0 Å². The zero-order valence-corrected chi connectivity index (χ0v) is 19.7. The molecule has 0 saturated carbocycles. The minimum atomic E-state index is -1.32. The number of carbonyl (C=O) groups is 1. The molecule has 1 fully saturated rings. The molecule has 5 N–H and O–H groups in total. The van der Waals surface area contributed by atoms with Gasteiger partial charge in [-0.1, -0.05) is 6.92 Å². The predicted octanol–water partition coefficient (Wildman–Crippen LogP) is 2.37. The van der Waals surface area contributed by atoms with Crippen LogP contribution < -0.4 is 11.1 Å². The highest BCUT2D eigenvalue weighted by atomic mass is 16.5. The Labute approximate surface area is 197 Å². The van der Waals surface area contributed by atoms with Crippen molar-refractivity contribution in [2.24, 2.45) is 7.05 Å². The maximum atomic E-state index is 13.2. The molecule has 0 radical (unpaired) electrons. The van der Waals surface area contributed by atoms with Crippen LogP contribution in [0.5, 0.6) is 0 Å². The van der Waals surface area contributed by atoms with Crippen molar-refractivity contribution in [3.8, 4) is 11.3 Å². The van der Waals surface area contributed by atoms with E-state index in [0.717, 1.165) is 11.3 Å². The molecule has 0 aliphatic carbocycles. The summed E-state index contributed by atoms with van der Waals surface area (Å²) in [6.45, 7) is 5.45. The number of ether oxygens (including phenoxy) is 1. The third-order valence-corrected chi connectivity index (χ3v) is 6.76. The van der Waals surface area contributed by atoms with Gasteiger partial charge in [0, 0.05) is 36.5 Å². The highest BCUT2D eigenvalue weighted by Gasteiger charge is 2.47. The summed E-state index contributed by atoms with van der Waals surface area (Å²) < 4.78 is 7.79. The Bertz CT molecular complexity index is 1200. The van der Waals surface area contributed by atoms with E-state index >= 15 is 0 Å². The van der Waals surface area contributed by atoms with E-state index in [1.54, 1.807) is 49.1 Å². The highest BCUT2D eigenvalue weighted by Crippen LogP contribution is 2.40. The van der Waals surface area contributed by atoms with Crippen LogP contribution in [0.1, 0.15) is 54.5 Å². The number of nitrogens with one attached hydrogen (secondary N) is 1. The van der Waals surface area contributed by atoms with Crippen molar-refractivity contribution >= 4 is 17.3 Å². The van der Waals surface area contributed by atoms with E-state index in [0.29, 0.717) is 23.4 Å². The molecule has 4 atom stereocenters. The number of aryl methyl sites for hydroxylation is 1. The highest BCUT2D eigenvalue weighted by molar-refractivity contribution is 6.06. The van der Waals surface area contributed by atoms with Gasteiger partial charge < -0.3 is 26.0 Å². The maximum Gasteiger partial charge on any atom is 0.276 e. The van der Waals surface area contributed by atoms with Gasteiger partial charge >= 0.3 is 0 Å². The minimum absolute atomic E-state index is 0.0777. The standard InChI is InChI=1S/C24H30N6O4/c1-5-24(33)14(3)34-20(10-21(24)31)15-8-9-26-12-19(15)29-23(32)22-17(25)6-7-18(28-22)16-11-27-30(4)13(16)2/h6-9,11-12,14,20-21,31,33H,5,10,25H2,1-4H3,(H,29,32). The lowest BCUT2D eigenvalue weighted by Gasteiger charge is -2.45. The van der Waals surface area contributed by atoms with Crippen LogP contribution in [0.15, 0.2) is 36.8 Å². The molecule has 3 aromatic heterocycles. The summed E-state index contributed by atoms with van der Waals surface area (Å²) in [6, 6.07) is 5.11. The fourth-order valence-electron chi connectivity index (χ4n) is 4.34. The summed E-state index contributed by atoms with van der Waals surface area (Å²) in [6.07, 6.45) is 3.23. The van der Waals surface area contributed by atoms with Crippen LogP contribution in [0.3, 0.4) is 0 Å². The van der Waals surface area contributed by atoms with E-state index in [1.165, 1.54) is 6.20 Å². The van der Waals surface area contributed by atoms with Gasteiger partial charge in [0.05, 0.1) is 47.8 Å². The van der Waals surface area contributed by atoms with Gasteiger partial charge in [-0.3, -0.25) is 14.5 Å². The third-order valence-electron chi connectivity index (χ3n) is 6.76.